The normalized spacial score (nSPS) is 11.5. The number of ether oxygens (including phenoxy) is 2. The molecule has 0 saturated carbocycles. The van der Waals surface area contributed by atoms with Gasteiger partial charge in [0.15, 0.2) is 0 Å². The molecule has 0 radical (unpaired) electrons. The Morgan fingerprint density at radius 2 is 0.830 bits per heavy atom. The summed E-state index contributed by atoms with van der Waals surface area (Å²) in [6.45, 7) is 5.69. The Morgan fingerprint density at radius 3 is 1.26 bits per heavy atom. The van der Waals surface area contributed by atoms with Crippen molar-refractivity contribution in [3.8, 4) is 56.0 Å². The predicted octanol–water partition coefficient (Wildman–Crippen LogP) is 13.3. The van der Waals surface area contributed by atoms with E-state index in [-0.39, 0.29) is 11.6 Å². The maximum atomic E-state index is 15.9. The van der Waals surface area contributed by atoms with Gasteiger partial charge in [-0.2, -0.15) is 8.75 Å². The second-order valence-corrected chi connectivity index (χ2v) is 13.9. The molecule has 1 heterocycles. The molecule has 1 aromatic heterocycles. The van der Waals surface area contributed by atoms with Crippen LogP contribution in [-0.4, -0.2) is 22.0 Å². The summed E-state index contributed by atoms with van der Waals surface area (Å²) in [5.74, 6) is 0.976. The number of unbranched alkanes of at least 4 members (excludes halogenated alkanes) is 2. The number of rotatable bonds is 12. The van der Waals surface area contributed by atoms with Gasteiger partial charge in [-0.15, -0.1) is 0 Å². The zero-order valence-electron chi connectivity index (χ0n) is 29.7. The Hall–Kier alpha value is -5.66. The van der Waals surface area contributed by atoms with Crippen molar-refractivity contribution in [3.63, 3.8) is 0 Å². The summed E-state index contributed by atoms with van der Waals surface area (Å²) in [5.41, 5.74) is 6.52. The fourth-order valence-electron chi connectivity index (χ4n) is 6.78. The van der Waals surface area contributed by atoms with Gasteiger partial charge in [-0.3, -0.25) is 0 Å². The fraction of sp³-hybridized carbons (Fsp3) is 0.174. The first kappa shape index (κ1) is 34.4. The van der Waals surface area contributed by atoms with Gasteiger partial charge in [0, 0.05) is 22.3 Å². The number of nitrogens with zero attached hydrogens (tertiary/aromatic N) is 2. The molecule has 264 valence electrons. The zero-order chi connectivity index (χ0) is 36.3. The third kappa shape index (κ3) is 7.09. The first-order valence-corrected chi connectivity index (χ1v) is 18.9. The van der Waals surface area contributed by atoms with Crippen molar-refractivity contribution in [2.24, 2.45) is 0 Å². The van der Waals surface area contributed by atoms with Gasteiger partial charge < -0.3 is 9.47 Å². The SMILES string of the molecule is CCCCOc1ccc2cc(-c3ccc(-c4ccc(-c5ccc(-c6ccc7cc(OCCCC)ccc7c6)cc5F)c5nsnc45)c(F)c3)ccc2c1. The quantitative estimate of drug-likeness (QED) is 0.118. The highest BCUT2D eigenvalue weighted by Gasteiger charge is 2.19. The number of fused-ring (bicyclic) bond motifs is 3. The van der Waals surface area contributed by atoms with E-state index in [4.69, 9.17) is 9.47 Å². The predicted molar refractivity (Wildman–Crippen MR) is 215 cm³/mol. The number of halogens is 2. The van der Waals surface area contributed by atoms with E-state index in [9.17, 15) is 0 Å². The summed E-state index contributed by atoms with van der Waals surface area (Å²) in [4.78, 5) is 0. The van der Waals surface area contributed by atoms with Gasteiger partial charge in [0.1, 0.15) is 34.2 Å². The van der Waals surface area contributed by atoms with Crippen molar-refractivity contribution in [3.05, 3.63) is 133 Å². The average molecular weight is 721 g/mol. The number of hydrogen-bond donors (Lipinski definition) is 0. The molecular formula is C46H38F2N2O2S. The van der Waals surface area contributed by atoms with E-state index in [2.05, 4.69) is 34.7 Å². The summed E-state index contributed by atoms with van der Waals surface area (Å²) in [6.07, 6.45) is 4.21. The Balaban J connectivity index is 1.05. The summed E-state index contributed by atoms with van der Waals surface area (Å²) < 4.78 is 52.7. The summed E-state index contributed by atoms with van der Waals surface area (Å²) in [6, 6.07) is 38.5. The topological polar surface area (TPSA) is 44.2 Å². The fourth-order valence-corrected chi connectivity index (χ4v) is 7.36. The Morgan fingerprint density at radius 1 is 0.453 bits per heavy atom. The number of hydrogen-bond acceptors (Lipinski definition) is 5. The van der Waals surface area contributed by atoms with Crippen LogP contribution in [0.3, 0.4) is 0 Å². The molecule has 8 aromatic rings. The second-order valence-electron chi connectivity index (χ2n) is 13.4. The van der Waals surface area contributed by atoms with Crippen LogP contribution in [0.5, 0.6) is 11.5 Å². The van der Waals surface area contributed by atoms with Gasteiger partial charge in [0.25, 0.3) is 0 Å². The average Bonchev–Trinajstić information content (AvgIpc) is 3.68. The molecule has 0 aliphatic rings. The molecule has 53 heavy (non-hydrogen) atoms. The minimum absolute atomic E-state index is 0.365. The van der Waals surface area contributed by atoms with Gasteiger partial charge in [0.05, 0.1) is 24.9 Å². The molecule has 0 bridgehead atoms. The number of benzene rings is 7. The van der Waals surface area contributed by atoms with Crippen LogP contribution in [0.1, 0.15) is 39.5 Å². The van der Waals surface area contributed by atoms with Crippen LogP contribution >= 0.6 is 11.7 Å². The molecule has 0 N–H and O–H groups in total. The Kier molecular flexibility index (Phi) is 9.83. The van der Waals surface area contributed by atoms with Gasteiger partial charge >= 0.3 is 0 Å². The smallest absolute Gasteiger partial charge is 0.131 e. The van der Waals surface area contributed by atoms with Gasteiger partial charge in [0.2, 0.25) is 0 Å². The molecule has 0 saturated heterocycles. The Labute approximate surface area is 312 Å². The van der Waals surface area contributed by atoms with Crippen LogP contribution in [0.25, 0.3) is 77.1 Å². The minimum atomic E-state index is -0.365. The first-order chi connectivity index (χ1) is 26.0. The molecule has 0 fully saturated rings. The standard InChI is InChI=1S/C46H38F2N2O2S/c1-3-5-21-51-37-15-11-31-23-29(7-9-33(31)25-37)35-13-17-39(43(47)27-35)41-19-20-42(46-45(41)49-53-50-46)40-18-14-36(28-44(40)48)30-8-10-34-26-38(52-22-6-4-2)16-12-32(34)24-30/h7-20,23-28H,3-6,21-22H2,1-2H3. The summed E-state index contributed by atoms with van der Waals surface area (Å²) in [5, 5.41) is 4.25. The Bertz CT molecular complexity index is 2420. The first-order valence-electron chi connectivity index (χ1n) is 18.2. The van der Waals surface area contributed by atoms with Crippen molar-refractivity contribution in [2.45, 2.75) is 39.5 Å². The van der Waals surface area contributed by atoms with Gasteiger partial charge in [-0.1, -0.05) is 99.5 Å². The molecule has 7 heteroatoms. The molecular weight excluding hydrogens is 683 g/mol. The van der Waals surface area contributed by atoms with Crippen LogP contribution in [0.15, 0.2) is 121 Å². The monoisotopic (exact) mass is 720 g/mol. The molecule has 4 nitrogen and oxygen atoms in total. The molecule has 7 aromatic carbocycles. The van der Waals surface area contributed by atoms with Crippen molar-refractivity contribution in [1.82, 2.24) is 8.75 Å². The maximum Gasteiger partial charge on any atom is 0.131 e. The van der Waals surface area contributed by atoms with E-state index >= 15 is 8.78 Å². The van der Waals surface area contributed by atoms with Crippen molar-refractivity contribution in [2.75, 3.05) is 13.2 Å². The molecule has 0 aliphatic carbocycles. The largest absolute Gasteiger partial charge is 0.494 e. The number of aromatic nitrogens is 2. The highest BCUT2D eigenvalue weighted by atomic mass is 32.1. The highest BCUT2D eigenvalue weighted by molar-refractivity contribution is 7.00. The summed E-state index contributed by atoms with van der Waals surface area (Å²) in [7, 11) is 0. The third-order valence-electron chi connectivity index (χ3n) is 9.76. The minimum Gasteiger partial charge on any atom is -0.494 e. The van der Waals surface area contributed by atoms with Crippen molar-refractivity contribution < 1.29 is 18.3 Å². The molecule has 0 atom stereocenters. The van der Waals surface area contributed by atoms with Crippen molar-refractivity contribution in [1.29, 1.82) is 0 Å². The lowest BCUT2D eigenvalue weighted by Crippen LogP contribution is -1.96. The molecule has 0 spiro atoms. The lowest BCUT2D eigenvalue weighted by Gasteiger charge is -2.12. The van der Waals surface area contributed by atoms with E-state index in [1.54, 1.807) is 24.3 Å². The van der Waals surface area contributed by atoms with Gasteiger partial charge in [-0.05, 0) is 105 Å². The molecule has 8 rings (SSSR count). The van der Waals surface area contributed by atoms with Crippen LogP contribution in [0.4, 0.5) is 8.78 Å². The van der Waals surface area contributed by atoms with E-state index in [1.807, 2.05) is 84.9 Å². The van der Waals surface area contributed by atoms with E-state index in [0.29, 0.717) is 46.5 Å². The lowest BCUT2D eigenvalue weighted by molar-refractivity contribution is 0.309. The van der Waals surface area contributed by atoms with Gasteiger partial charge in [-0.25, -0.2) is 8.78 Å². The van der Waals surface area contributed by atoms with Crippen LogP contribution in [0.2, 0.25) is 0 Å². The second kappa shape index (κ2) is 15.1. The van der Waals surface area contributed by atoms with E-state index < -0.39 is 0 Å². The molecule has 0 unspecified atom stereocenters. The van der Waals surface area contributed by atoms with Crippen LogP contribution in [0, 0.1) is 11.6 Å². The van der Waals surface area contributed by atoms with Crippen LogP contribution in [-0.2, 0) is 0 Å². The maximum absolute atomic E-state index is 15.9. The molecule has 0 amide bonds. The van der Waals surface area contributed by atoms with Crippen LogP contribution < -0.4 is 9.47 Å². The van der Waals surface area contributed by atoms with Crippen molar-refractivity contribution >= 4 is 44.3 Å². The lowest BCUT2D eigenvalue weighted by atomic mass is 9.94. The van der Waals surface area contributed by atoms with E-state index in [0.717, 1.165) is 92.7 Å². The van der Waals surface area contributed by atoms with E-state index in [1.165, 1.54) is 0 Å². The molecule has 0 aliphatic heterocycles. The summed E-state index contributed by atoms with van der Waals surface area (Å²) >= 11 is 1.03. The third-order valence-corrected chi connectivity index (χ3v) is 10.3. The zero-order valence-corrected chi connectivity index (χ0v) is 30.5. The highest BCUT2D eigenvalue weighted by Crippen LogP contribution is 2.39.